The van der Waals surface area contributed by atoms with Crippen molar-refractivity contribution in [2.24, 2.45) is 5.92 Å². The zero-order valence-corrected chi connectivity index (χ0v) is 27.0. The van der Waals surface area contributed by atoms with Crippen LogP contribution in [0.5, 0.6) is 0 Å². The molecule has 3 N–H and O–H groups in total. The minimum atomic E-state index is -0.587. The number of aromatic nitrogens is 5. The number of aliphatic hydroxyl groups excluding tert-OH is 1. The summed E-state index contributed by atoms with van der Waals surface area (Å²) < 4.78 is 13.2. The molecule has 48 heavy (non-hydrogen) atoms. The van der Waals surface area contributed by atoms with E-state index in [9.17, 15) is 9.90 Å². The molecule has 10 nitrogen and oxygen atoms in total. The fourth-order valence-electron chi connectivity index (χ4n) is 5.84. The maximum Gasteiger partial charge on any atom is 0.271 e. The van der Waals surface area contributed by atoms with Crippen LogP contribution in [-0.4, -0.2) is 48.0 Å². The van der Waals surface area contributed by atoms with Gasteiger partial charge in [0.05, 0.1) is 36.0 Å². The van der Waals surface area contributed by atoms with E-state index in [1.54, 1.807) is 11.8 Å². The number of hydrogen-bond acceptors (Lipinski definition) is 9. The van der Waals surface area contributed by atoms with Crippen molar-refractivity contribution in [2.75, 3.05) is 5.75 Å². The molecule has 1 fully saturated rings. The van der Waals surface area contributed by atoms with Crippen molar-refractivity contribution < 1.29 is 19.4 Å². The van der Waals surface area contributed by atoms with Gasteiger partial charge in [-0.25, -0.2) is 9.97 Å². The Morgan fingerprint density at radius 2 is 1.65 bits per heavy atom. The highest BCUT2D eigenvalue weighted by Gasteiger charge is 2.38. The summed E-state index contributed by atoms with van der Waals surface area (Å²) in [5.41, 5.74) is 7.47. The number of aromatic amines is 1. The van der Waals surface area contributed by atoms with Gasteiger partial charge in [-0.05, 0) is 39.9 Å². The summed E-state index contributed by atoms with van der Waals surface area (Å²) in [5.74, 6) is 0.443. The standard InChI is InChI=1S/C37H34N6O4S/c1-23-33(21-48-37-40-22-41-43-37)46-36(47-34(23)26-12-10-24(20-44)11-13-26)27-16-14-25(15-17-27)29-7-3-2-6-28(29)18-39-35(45)32-19-38-30-8-4-5-9-31(30)42-32/h2-17,19,22-23,33-34,36,44H,18,20-21H2,1H3,(H,39,45)(H,40,41,43). The highest BCUT2D eigenvalue weighted by molar-refractivity contribution is 7.99. The van der Waals surface area contributed by atoms with E-state index in [1.807, 2.05) is 84.9 Å². The van der Waals surface area contributed by atoms with E-state index >= 15 is 0 Å². The third-order valence-electron chi connectivity index (χ3n) is 8.53. The van der Waals surface area contributed by atoms with Crippen molar-refractivity contribution in [1.82, 2.24) is 30.5 Å². The Bertz CT molecular complexity index is 1990. The number of carbonyl (C=O) groups is 1. The number of fused-ring (bicyclic) bond motifs is 1. The quantitative estimate of drug-likeness (QED) is 0.143. The van der Waals surface area contributed by atoms with Crippen molar-refractivity contribution in [3.8, 4) is 11.1 Å². The molecule has 0 radical (unpaired) electrons. The minimum Gasteiger partial charge on any atom is -0.392 e. The van der Waals surface area contributed by atoms with Crippen LogP contribution in [0.4, 0.5) is 0 Å². The number of nitrogens with one attached hydrogen (secondary N) is 2. The number of aliphatic hydroxyl groups is 1. The zero-order chi connectivity index (χ0) is 32.9. The number of nitrogens with zero attached hydrogens (tertiary/aromatic N) is 4. The van der Waals surface area contributed by atoms with Gasteiger partial charge in [-0.15, -0.1) is 0 Å². The first-order valence-electron chi connectivity index (χ1n) is 15.7. The van der Waals surface area contributed by atoms with Crippen LogP contribution in [-0.2, 0) is 22.6 Å². The Kier molecular flexibility index (Phi) is 9.53. The third kappa shape index (κ3) is 6.99. The molecule has 6 aromatic rings. The summed E-state index contributed by atoms with van der Waals surface area (Å²) in [5, 5.41) is 20.2. The topological polar surface area (TPSA) is 135 Å². The Balaban J connectivity index is 1.08. The molecule has 242 valence electrons. The van der Waals surface area contributed by atoms with Crippen molar-refractivity contribution in [3.05, 3.63) is 138 Å². The van der Waals surface area contributed by atoms with Gasteiger partial charge >= 0.3 is 0 Å². The van der Waals surface area contributed by atoms with E-state index in [1.165, 1.54) is 12.5 Å². The summed E-state index contributed by atoms with van der Waals surface area (Å²) in [6.45, 7) is 2.46. The van der Waals surface area contributed by atoms with Crippen molar-refractivity contribution in [1.29, 1.82) is 0 Å². The van der Waals surface area contributed by atoms with Gasteiger partial charge in [-0.1, -0.05) is 104 Å². The molecule has 4 unspecified atom stereocenters. The molecule has 0 bridgehead atoms. The summed E-state index contributed by atoms with van der Waals surface area (Å²) in [6, 6.07) is 31.5. The molecule has 0 saturated carbocycles. The predicted molar refractivity (Wildman–Crippen MR) is 183 cm³/mol. The largest absolute Gasteiger partial charge is 0.392 e. The number of thioether (sulfide) groups is 1. The number of para-hydroxylation sites is 2. The molecular formula is C37H34N6O4S. The third-order valence-corrected chi connectivity index (χ3v) is 9.50. The first-order valence-corrected chi connectivity index (χ1v) is 16.7. The SMILES string of the molecule is CC1C(CSc2ncn[nH]2)OC(c2ccc(-c3ccccc3CNC(=O)c3cnc4ccccc4n3)cc2)OC1c1ccc(CO)cc1. The molecule has 7 rings (SSSR count). The van der Waals surface area contributed by atoms with Gasteiger partial charge in [0.25, 0.3) is 5.91 Å². The van der Waals surface area contributed by atoms with Crippen LogP contribution in [0.25, 0.3) is 22.2 Å². The van der Waals surface area contributed by atoms with Gasteiger partial charge < -0.3 is 19.9 Å². The van der Waals surface area contributed by atoms with Gasteiger partial charge in [0.2, 0.25) is 0 Å². The number of carbonyl (C=O) groups excluding carboxylic acids is 1. The van der Waals surface area contributed by atoms with E-state index in [0.29, 0.717) is 17.8 Å². The zero-order valence-electron chi connectivity index (χ0n) is 26.2. The maximum absolute atomic E-state index is 13.0. The first-order chi connectivity index (χ1) is 23.6. The van der Waals surface area contributed by atoms with Gasteiger partial charge in [-0.2, -0.15) is 5.10 Å². The van der Waals surface area contributed by atoms with Crippen LogP contribution < -0.4 is 5.32 Å². The smallest absolute Gasteiger partial charge is 0.271 e. The molecule has 4 atom stereocenters. The van der Waals surface area contributed by atoms with Crippen LogP contribution in [0.15, 0.2) is 115 Å². The monoisotopic (exact) mass is 658 g/mol. The fraction of sp³-hybridized carbons (Fsp3) is 0.216. The average molecular weight is 659 g/mol. The Morgan fingerprint density at radius 1 is 0.896 bits per heavy atom. The maximum atomic E-state index is 13.0. The van der Waals surface area contributed by atoms with E-state index in [0.717, 1.165) is 44.1 Å². The lowest BCUT2D eigenvalue weighted by atomic mass is 9.91. The van der Waals surface area contributed by atoms with Gasteiger partial charge in [0, 0.05) is 23.8 Å². The molecule has 11 heteroatoms. The number of ether oxygens (including phenoxy) is 2. The lowest BCUT2D eigenvalue weighted by Crippen LogP contribution is -2.38. The number of H-pyrrole nitrogens is 1. The molecule has 0 spiro atoms. The lowest BCUT2D eigenvalue weighted by molar-refractivity contribution is -0.268. The molecule has 1 amide bonds. The Morgan fingerprint density at radius 3 is 2.42 bits per heavy atom. The molecule has 1 aliphatic rings. The highest BCUT2D eigenvalue weighted by atomic mass is 32.2. The van der Waals surface area contributed by atoms with Gasteiger partial charge in [0.1, 0.15) is 12.0 Å². The van der Waals surface area contributed by atoms with E-state index in [-0.39, 0.29) is 36.3 Å². The fourth-order valence-corrected chi connectivity index (χ4v) is 6.79. The second kappa shape index (κ2) is 14.4. The number of hydrogen-bond donors (Lipinski definition) is 3. The molecule has 1 aliphatic heterocycles. The van der Waals surface area contributed by atoms with Crippen LogP contribution in [0, 0.1) is 5.92 Å². The number of amides is 1. The number of rotatable bonds is 10. The Hall–Kier alpha value is -4.94. The van der Waals surface area contributed by atoms with Crippen LogP contribution in [0.2, 0.25) is 0 Å². The van der Waals surface area contributed by atoms with Crippen molar-refractivity contribution in [3.63, 3.8) is 0 Å². The Labute approximate surface area is 282 Å². The molecule has 1 saturated heterocycles. The molecule has 3 heterocycles. The molecular weight excluding hydrogens is 625 g/mol. The number of benzene rings is 4. The highest BCUT2D eigenvalue weighted by Crippen LogP contribution is 2.43. The summed E-state index contributed by atoms with van der Waals surface area (Å²) >= 11 is 1.56. The van der Waals surface area contributed by atoms with Crippen molar-refractivity contribution >= 4 is 28.7 Å². The molecule has 2 aromatic heterocycles. The molecule has 4 aromatic carbocycles. The minimum absolute atomic E-state index is 0.00940. The van der Waals surface area contributed by atoms with Gasteiger partial charge in [-0.3, -0.25) is 14.9 Å². The second-order valence-corrected chi connectivity index (χ2v) is 12.6. The van der Waals surface area contributed by atoms with E-state index in [4.69, 9.17) is 9.47 Å². The first kappa shape index (κ1) is 31.6. The average Bonchev–Trinajstić information content (AvgIpc) is 3.67. The van der Waals surface area contributed by atoms with Crippen molar-refractivity contribution in [2.45, 2.75) is 43.7 Å². The van der Waals surface area contributed by atoms with Crippen LogP contribution >= 0.6 is 11.8 Å². The predicted octanol–water partition coefficient (Wildman–Crippen LogP) is 6.42. The van der Waals surface area contributed by atoms with Crippen LogP contribution in [0.3, 0.4) is 0 Å². The van der Waals surface area contributed by atoms with Gasteiger partial charge in [0.15, 0.2) is 11.4 Å². The normalized spacial score (nSPS) is 19.3. The summed E-state index contributed by atoms with van der Waals surface area (Å²) in [4.78, 5) is 26.1. The lowest BCUT2D eigenvalue weighted by Gasteiger charge is -2.41. The van der Waals surface area contributed by atoms with Crippen LogP contribution in [0.1, 0.15) is 52.1 Å². The van der Waals surface area contributed by atoms with E-state index < -0.39 is 6.29 Å². The van der Waals surface area contributed by atoms with E-state index in [2.05, 4.69) is 49.5 Å². The second-order valence-electron chi connectivity index (χ2n) is 11.6. The molecule has 0 aliphatic carbocycles. The summed E-state index contributed by atoms with van der Waals surface area (Å²) in [7, 11) is 0. The summed E-state index contributed by atoms with van der Waals surface area (Å²) in [6.07, 6.45) is 2.07.